The number of carbonyl (C=O) groups is 2. The minimum absolute atomic E-state index is 0.0411. The Bertz CT molecular complexity index is 1220. The molecule has 1 saturated heterocycles. The molecule has 2 amide bonds. The summed E-state index contributed by atoms with van der Waals surface area (Å²) in [5.41, 5.74) is -0.0297. The molecule has 0 bridgehead atoms. The number of aromatic nitrogens is 2. The van der Waals surface area contributed by atoms with Gasteiger partial charge in [0.05, 0.1) is 11.9 Å². The van der Waals surface area contributed by atoms with Crippen LogP contribution in [0.1, 0.15) is 31.4 Å². The van der Waals surface area contributed by atoms with Crippen LogP contribution in [0.3, 0.4) is 0 Å². The van der Waals surface area contributed by atoms with Gasteiger partial charge in [-0.15, -0.1) is 0 Å². The summed E-state index contributed by atoms with van der Waals surface area (Å²) in [6.45, 7) is 3.91. The normalized spacial score (nSPS) is 17.5. The van der Waals surface area contributed by atoms with Crippen LogP contribution in [-0.4, -0.2) is 64.5 Å². The molecule has 0 spiro atoms. The number of sulfonamides is 1. The highest BCUT2D eigenvalue weighted by molar-refractivity contribution is 7.99. The van der Waals surface area contributed by atoms with Crippen LogP contribution >= 0.6 is 11.8 Å². The van der Waals surface area contributed by atoms with Crippen LogP contribution in [0.15, 0.2) is 24.5 Å². The van der Waals surface area contributed by atoms with Gasteiger partial charge in [-0.1, -0.05) is 13.8 Å². The molecular formula is C23H30F3N5O4S2. The molecule has 37 heavy (non-hydrogen) atoms. The average molecular weight is 562 g/mol. The fourth-order valence-electron chi connectivity index (χ4n) is 3.95. The number of aryl methyl sites for hydroxylation is 1. The van der Waals surface area contributed by atoms with E-state index in [0.29, 0.717) is 24.3 Å². The summed E-state index contributed by atoms with van der Waals surface area (Å²) < 4.78 is 70.3. The summed E-state index contributed by atoms with van der Waals surface area (Å²) in [4.78, 5) is 26.1. The van der Waals surface area contributed by atoms with E-state index in [1.54, 1.807) is 24.1 Å². The molecule has 1 aromatic heterocycles. The Hall–Kier alpha value is -2.58. The number of benzene rings is 1. The number of rotatable bonds is 10. The minimum atomic E-state index is -4.36. The molecule has 0 aliphatic carbocycles. The van der Waals surface area contributed by atoms with Gasteiger partial charge >= 0.3 is 0 Å². The molecule has 9 nitrogen and oxygen atoms in total. The second kappa shape index (κ2) is 12.3. The zero-order valence-electron chi connectivity index (χ0n) is 20.7. The van der Waals surface area contributed by atoms with E-state index in [-0.39, 0.29) is 24.8 Å². The maximum Gasteiger partial charge on any atom is 0.242 e. The highest BCUT2D eigenvalue weighted by Crippen LogP contribution is 2.25. The smallest absolute Gasteiger partial charge is 0.242 e. The fraction of sp³-hybridized carbons (Fsp3) is 0.522. The molecule has 2 atom stereocenters. The summed E-state index contributed by atoms with van der Waals surface area (Å²) in [5, 5.41) is 9.46. The van der Waals surface area contributed by atoms with E-state index in [9.17, 15) is 31.2 Å². The lowest BCUT2D eigenvalue weighted by Crippen LogP contribution is -2.57. The van der Waals surface area contributed by atoms with E-state index >= 15 is 0 Å². The molecule has 1 aromatic carbocycles. The van der Waals surface area contributed by atoms with E-state index in [0.717, 1.165) is 9.87 Å². The van der Waals surface area contributed by atoms with Crippen molar-refractivity contribution in [2.24, 2.45) is 13.0 Å². The van der Waals surface area contributed by atoms with Gasteiger partial charge in [0, 0.05) is 61.1 Å². The monoisotopic (exact) mass is 561 g/mol. The molecule has 2 N–H and O–H groups in total. The lowest BCUT2D eigenvalue weighted by molar-refractivity contribution is -0.131. The number of hydrogen-bond acceptors (Lipinski definition) is 6. The first-order valence-electron chi connectivity index (χ1n) is 11.6. The van der Waals surface area contributed by atoms with Gasteiger partial charge in [-0.3, -0.25) is 14.3 Å². The Morgan fingerprint density at radius 2 is 1.89 bits per heavy atom. The standard InChI is InChI=1S/C23H30F3N5O4S2/c1-14(2)6-20(22(32)27-9-15-10-28-30(3)11-15)29-23(33)21-12-36-5-4-31(21)37(34,35)13-17-18(25)7-16(24)8-19(17)26/h7-8,10-11,14,20-21H,4-6,9,12-13H2,1-3H3,(H,27,32)(H,29,33)/t20?,21-/m0/s1. The van der Waals surface area contributed by atoms with Gasteiger partial charge in [-0.05, 0) is 12.3 Å². The van der Waals surface area contributed by atoms with E-state index in [4.69, 9.17) is 0 Å². The average Bonchev–Trinajstić information content (AvgIpc) is 3.24. The van der Waals surface area contributed by atoms with E-state index in [2.05, 4.69) is 15.7 Å². The van der Waals surface area contributed by atoms with Gasteiger partial charge in [0.25, 0.3) is 0 Å². The second-order valence-corrected chi connectivity index (χ2v) is 12.3. The summed E-state index contributed by atoms with van der Waals surface area (Å²) in [5.74, 6) is -5.48. The number of amides is 2. The van der Waals surface area contributed by atoms with Crippen LogP contribution in [0.2, 0.25) is 0 Å². The van der Waals surface area contributed by atoms with Crippen molar-refractivity contribution in [3.63, 3.8) is 0 Å². The predicted molar refractivity (Wildman–Crippen MR) is 133 cm³/mol. The van der Waals surface area contributed by atoms with Crippen LogP contribution in [0, 0.1) is 23.4 Å². The van der Waals surface area contributed by atoms with Crippen LogP contribution in [-0.2, 0) is 39.0 Å². The van der Waals surface area contributed by atoms with E-state index < -0.39 is 62.7 Å². The summed E-state index contributed by atoms with van der Waals surface area (Å²) in [6, 6.07) is -1.29. The third-order valence-corrected chi connectivity index (χ3v) is 8.56. The molecule has 1 aliphatic rings. The molecule has 1 unspecified atom stereocenters. The van der Waals surface area contributed by atoms with E-state index in [1.165, 1.54) is 11.8 Å². The number of hydrogen-bond donors (Lipinski definition) is 2. The topological polar surface area (TPSA) is 113 Å². The maximum absolute atomic E-state index is 14.1. The first-order valence-corrected chi connectivity index (χ1v) is 14.4. The van der Waals surface area contributed by atoms with Crippen LogP contribution < -0.4 is 10.6 Å². The SMILES string of the molecule is CC(C)CC(NC(=O)[C@@H]1CSCCN1S(=O)(=O)Cc1c(F)cc(F)cc1F)C(=O)NCc1cnn(C)c1. The van der Waals surface area contributed by atoms with Crippen molar-refractivity contribution in [1.29, 1.82) is 0 Å². The lowest BCUT2D eigenvalue weighted by atomic mass is 10.0. The minimum Gasteiger partial charge on any atom is -0.350 e. The molecule has 204 valence electrons. The molecule has 3 rings (SSSR count). The second-order valence-electron chi connectivity index (χ2n) is 9.24. The fourth-order valence-corrected chi connectivity index (χ4v) is 6.94. The van der Waals surface area contributed by atoms with Crippen molar-refractivity contribution in [1.82, 2.24) is 24.7 Å². The summed E-state index contributed by atoms with van der Waals surface area (Å²) >= 11 is 1.35. The van der Waals surface area contributed by atoms with Gasteiger partial charge in [0.2, 0.25) is 21.8 Å². The molecule has 0 saturated carbocycles. The van der Waals surface area contributed by atoms with Crippen LogP contribution in [0.4, 0.5) is 13.2 Å². The van der Waals surface area contributed by atoms with Crippen molar-refractivity contribution in [2.45, 2.75) is 44.6 Å². The summed E-state index contributed by atoms with van der Waals surface area (Å²) in [7, 11) is -2.62. The molecule has 2 heterocycles. The highest BCUT2D eigenvalue weighted by Gasteiger charge is 2.39. The maximum atomic E-state index is 14.1. The van der Waals surface area contributed by atoms with Crippen molar-refractivity contribution in [2.75, 3.05) is 18.1 Å². The molecule has 2 aromatic rings. The molecule has 1 aliphatic heterocycles. The lowest BCUT2D eigenvalue weighted by Gasteiger charge is -2.34. The Morgan fingerprint density at radius 3 is 2.49 bits per heavy atom. The molecule has 1 fully saturated rings. The third-order valence-electron chi connectivity index (χ3n) is 5.74. The number of nitrogens with zero attached hydrogens (tertiary/aromatic N) is 3. The summed E-state index contributed by atoms with van der Waals surface area (Å²) in [6.07, 6.45) is 3.65. The number of nitrogens with one attached hydrogen (secondary N) is 2. The Balaban J connectivity index is 1.75. The van der Waals surface area contributed by atoms with Gasteiger partial charge < -0.3 is 10.6 Å². The van der Waals surface area contributed by atoms with Gasteiger partial charge in [0.1, 0.15) is 29.5 Å². The van der Waals surface area contributed by atoms with Crippen molar-refractivity contribution in [3.05, 3.63) is 53.1 Å². The molecule has 14 heteroatoms. The Kier molecular flexibility index (Phi) is 9.64. The zero-order chi connectivity index (χ0) is 27.3. The van der Waals surface area contributed by atoms with Crippen molar-refractivity contribution in [3.8, 4) is 0 Å². The first-order chi connectivity index (χ1) is 17.4. The molecule has 0 radical (unpaired) electrons. The number of thioether (sulfide) groups is 1. The zero-order valence-corrected chi connectivity index (χ0v) is 22.3. The van der Waals surface area contributed by atoms with Crippen molar-refractivity contribution < 1.29 is 31.2 Å². The van der Waals surface area contributed by atoms with Gasteiger partial charge in [0.15, 0.2) is 0 Å². The Morgan fingerprint density at radius 1 is 1.22 bits per heavy atom. The number of halogens is 3. The highest BCUT2D eigenvalue weighted by atomic mass is 32.2. The molecular weight excluding hydrogens is 531 g/mol. The number of carbonyl (C=O) groups excluding carboxylic acids is 2. The van der Waals surface area contributed by atoms with Crippen LogP contribution in [0.5, 0.6) is 0 Å². The Labute approximate surface area is 218 Å². The van der Waals surface area contributed by atoms with Gasteiger partial charge in [-0.25, -0.2) is 21.6 Å². The van der Waals surface area contributed by atoms with Gasteiger partial charge in [-0.2, -0.15) is 21.2 Å². The van der Waals surface area contributed by atoms with E-state index in [1.807, 2.05) is 13.8 Å². The largest absolute Gasteiger partial charge is 0.350 e. The predicted octanol–water partition coefficient (Wildman–Crippen LogP) is 1.93. The third kappa shape index (κ3) is 7.71. The quantitative estimate of drug-likeness (QED) is 0.459. The van der Waals surface area contributed by atoms with Crippen LogP contribution in [0.25, 0.3) is 0 Å². The first kappa shape index (κ1) is 29.0. The van der Waals surface area contributed by atoms with Crippen molar-refractivity contribution >= 4 is 33.6 Å².